The van der Waals surface area contributed by atoms with Crippen LogP contribution in [0.2, 0.25) is 0 Å². The van der Waals surface area contributed by atoms with E-state index in [1.165, 1.54) is 62.7 Å². The van der Waals surface area contributed by atoms with Gasteiger partial charge in [0.2, 0.25) is 0 Å². The SMILES string of the molecule is C=CCCCC(=C)OOCC1CCC(C2CC=C(OCCCCCCOc3ccc(C)cc3)CC2)CC1. The summed E-state index contributed by atoms with van der Waals surface area (Å²) >= 11 is 0. The summed E-state index contributed by atoms with van der Waals surface area (Å²) in [6.07, 6.45) is 20.5. The van der Waals surface area contributed by atoms with Crippen molar-refractivity contribution in [2.75, 3.05) is 19.8 Å². The summed E-state index contributed by atoms with van der Waals surface area (Å²) < 4.78 is 11.9. The molecular weight excluding hydrogens is 460 g/mol. The number of hydrogen-bond donors (Lipinski definition) is 0. The molecule has 0 aliphatic heterocycles. The second-order valence-electron chi connectivity index (χ2n) is 11.0. The highest BCUT2D eigenvalue weighted by molar-refractivity contribution is 5.26. The average molecular weight is 511 g/mol. The Kier molecular flexibility index (Phi) is 13.8. The van der Waals surface area contributed by atoms with E-state index in [1.54, 1.807) is 0 Å². The maximum Gasteiger partial charge on any atom is 0.135 e. The Hall–Kier alpha value is -2.20. The van der Waals surface area contributed by atoms with Gasteiger partial charge in [-0.1, -0.05) is 30.4 Å². The summed E-state index contributed by atoms with van der Waals surface area (Å²) in [4.78, 5) is 10.9. The van der Waals surface area contributed by atoms with Crippen LogP contribution in [0.1, 0.15) is 95.5 Å². The molecule has 0 saturated heterocycles. The molecule has 0 radical (unpaired) electrons. The zero-order valence-corrected chi connectivity index (χ0v) is 23.3. The third kappa shape index (κ3) is 11.8. The van der Waals surface area contributed by atoms with Crippen LogP contribution in [0.5, 0.6) is 5.75 Å². The molecule has 206 valence electrons. The quantitative estimate of drug-likeness (QED) is 0.0648. The maximum absolute atomic E-state index is 6.10. The van der Waals surface area contributed by atoms with Gasteiger partial charge >= 0.3 is 0 Å². The largest absolute Gasteiger partial charge is 0.498 e. The van der Waals surface area contributed by atoms with E-state index in [2.05, 4.69) is 50.4 Å². The van der Waals surface area contributed by atoms with Gasteiger partial charge in [-0.25, -0.2) is 0 Å². The van der Waals surface area contributed by atoms with Crippen molar-refractivity contribution in [3.8, 4) is 5.75 Å². The topological polar surface area (TPSA) is 36.9 Å². The van der Waals surface area contributed by atoms with Crippen LogP contribution in [0.25, 0.3) is 0 Å². The number of benzene rings is 1. The van der Waals surface area contributed by atoms with Crippen LogP contribution in [-0.4, -0.2) is 19.8 Å². The van der Waals surface area contributed by atoms with Gasteiger partial charge in [-0.15, -0.1) is 6.58 Å². The minimum absolute atomic E-state index is 0.615. The van der Waals surface area contributed by atoms with E-state index in [0.29, 0.717) is 12.5 Å². The van der Waals surface area contributed by atoms with Crippen molar-refractivity contribution in [1.29, 1.82) is 0 Å². The monoisotopic (exact) mass is 510 g/mol. The number of rotatable bonds is 18. The van der Waals surface area contributed by atoms with Crippen LogP contribution in [0.15, 0.2) is 61.1 Å². The van der Waals surface area contributed by atoms with Crippen molar-refractivity contribution in [2.24, 2.45) is 17.8 Å². The minimum atomic E-state index is 0.615. The number of ether oxygens (including phenoxy) is 2. The highest BCUT2D eigenvalue weighted by atomic mass is 17.2. The van der Waals surface area contributed by atoms with Crippen molar-refractivity contribution >= 4 is 0 Å². The number of unbranched alkanes of at least 4 members (excludes halogenated alkanes) is 4. The summed E-state index contributed by atoms with van der Waals surface area (Å²) in [5.74, 6) is 5.22. The molecule has 37 heavy (non-hydrogen) atoms. The summed E-state index contributed by atoms with van der Waals surface area (Å²) in [7, 11) is 0. The molecule has 2 aliphatic rings. The molecule has 0 heterocycles. The lowest BCUT2D eigenvalue weighted by molar-refractivity contribution is -0.272. The van der Waals surface area contributed by atoms with E-state index in [1.807, 2.05) is 6.08 Å². The van der Waals surface area contributed by atoms with Crippen LogP contribution in [0.4, 0.5) is 0 Å². The molecule has 0 spiro atoms. The summed E-state index contributed by atoms with van der Waals surface area (Å²) in [5, 5.41) is 0. The Bertz CT molecular complexity index is 804. The molecule has 3 rings (SSSR count). The molecule has 4 nitrogen and oxygen atoms in total. The Labute approximate surface area is 226 Å². The predicted molar refractivity (Wildman–Crippen MR) is 152 cm³/mol. The fraction of sp³-hybridized carbons (Fsp3) is 0.636. The van der Waals surface area contributed by atoms with Crippen molar-refractivity contribution in [2.45, 2.75) is 96.8 Å². The molecule has 1 aromatic carbocycles. The van der Waals surface area contributed by atoms with E-state index in [9.17, 15) is 0 Å². The van der Waals surface area contributed by atoms with Gasteiger partial charge in [0.25, 0.3) is 0 Å². The number of hydrogen-bond acceptors (Lipinski definition) is 4. The highest BCUT2D eigenvalue weighted by Crippen LogP contribution is 2.39. The minimum Gasteiger partial charge on any atom is -0.498 e. The second kappa shape index (κ2) is 17.3. The van der Waals surface area contributed by atoms with Gasteiger partial charge < -0.3 is 14.4 Å². The first-order valence-electron chi connectivity index (χ1n) is 14.7. The lowest BCUT2D eigenvalue weighted by atomic mass is 9.72. The standard InChI is InChI=1S/C33H50O4/c1-4-5-8-11-28(3)37-36-26-29-14-16-30(17-15-29)31-18-22-33(23-19-31)35-25-10-7-6-9-24-34-32-20-12-27(2)13-21-32/h4,12-13,20-22,29-31H,1,3,5-11,14-19,23-26H2,2H3. The lowest BCUT2D eigenvalue weighted by Gasteiger charge is -2.35. The Morgan fingerprint density at radius 3 is 2.30 bits per heavy atom. The predicted octanol–water partition coefficient (Wildman–Crippen LogP) is 9.26. The Balaban J connectivity index is 1.17. The lowest BCUT2D eigenvalue weighted by Crippen LogP contribution is -2.25. The molecule has 0 aromatic heterocycles. The molecule has 1 unspecified atom stereocenters. The van der Waals surface area contributed by atoms with Gasteiger partial charge in [0, 0.05) is 12.8 Å². The molecular formula is C33H50O4. The summed E-state index contributed by atoms with van der Waals surface area (Å²) in [5.41, 5.74) is 1.27. The first-order valence-corrected chi connectivity index (χ1v) is 14.7. The van der Waals surface area contributed by atoms with Crippen LogP contribution in [0, 0.1) is 24.7 Å². The maximum atomic E-state index is 6.10. The molecule has 1 atom stereocenters. The molecule has 1 saturated carbocycles. The highest BCUT2D eigenvalue weighted by Gasteiger charge is 2.29. The van der Waals surface area contributed by atoms with E-state index in [4.69, 9.17) is 19.2 Å². The first kappa shape index (κ1) is 29.4. The molecule has 1 fully saturated rings. The summed E-state index contributed by atoms with van der Waals surface area (Å²) in [6, 6.07) is 8.29. The van der Waals surface area contributed by atoms with Crippen LogP contribution in [0.3, 0.4) is 0 Å². The molecule has 0 N–H and O–H groups in total. The van der Waals surface area contributed by atoms with E-state index >= 15 is 0 Å². The van der Waals surface area contributed by atoms with E-state index < -0.39 is 0 Å². The molecule has 1 aromatic rings. The first-order chi connectivity index (χ1) is 18.1. The Morgan fingerprint density at radius 2 is 1.62 bits per heavy atom. The van der Waals surface area contributed by atoms with Crippen LogP contribution < -0.4 is 4.74 Å². The number of aryl methyl sites for hydroxylation is 1. The third-order valence-electron chi connectivity index (χ3n) is 7.93. The van der Waals surface area contributed by atoms with Gasteiger partial charge in [0.15, 0.2) is 0 Å². The molecule has 0 amide bonds. The van der Waals surface area contributed by atoms with Gasteiger partial charge in [0.05, 0.1) is 25.6 Å². The molecule has 4 heteroatoms. The van der Waals surface area contributed by atoms with E-state index in [-0.39, 0.29) is 0 Å². The van der Waals surface area contributed by atoms with Crippen LogP contribution >= 0.6 is 0 Å². The normalized spacial score (nSPS) is 21.6. The fourth-order valence-corrected chi connectivity index (χ4v) is 5.50. The van der Waals surface area contributed by atoms with Crippen molar-refractivity contribution < 1.29 is 19.2 Å². The zero-order valence-electron chi connectivity index (χ0n) is 23.3. The van der Waals surface area contributed by atoms with Crippen LogP contribution in [-0.2, 0) is 14.5 Å². The van der Waals surface area contributed by atoms with Gasteiger partial charge in [-0.2, -0.15) is 4.89 Å². The van der Waals surface area contributed by atoms with Gasteiger partial charge in [-0.3, -0.25) is 0 Å². The zero-order chi connectivity index (χ0) is 26.1. The average Bonchev–Trinajstić information content (AvgIpc) is 2.92. The molecule has 2 aliphatic carbocycles. The molecule has 0 bridgehead atoms. The van der Waals surface area contributed by atoms with Crippen molar-refractivity contribution in [3.05, 3.63) is 66.7 Å². The second-order valence-corrected chi connectivity index (χ2v) is 11.0. The van der Waals surface area contributed by atoms with Crippen molar-refractivity contribution in [3.63, 3.8) is 0 Å². The number of allylic oxidation sites excluding steroid dienone is 4. The fourth-order valence-electron chi connectivity index (χ4n) is 5.50. The van der Waals surface area contributed by atoms with Crippen molar-refractivity contribution in [1.82, 2.24) is 0 Å². The van der Waals surface area contributed by atoms with Gasteiger partial charge in [0.1, 0.15) is 11.5 Å². The third-order valence-corrected chi connectivity index (χ3v) is 7.93. The summed E-state index contributed by atoms with van der Waals surface area (Å²) in [6.45, 7) is 12.1. The smallest absolute Gasteiger partial charge is 0.135 e. The van der Waals surface area contributed by atoms with Gasteiger partial charge in [-0.05, 0) is 120 Å². The Morgan fingerprint density at radius 1 is 0.892 bits per heavy atom. The van der Waals surface area contributed by atoms with E-state index in [0.717, 1.165) is 75.1 Å².